The van der Waals surface area contributed by atoms with E-state index in [-0.39, 0.29) is 23.1 Å². The summed E-state index contributed by atoms with van der Waals surface area (Å²) in [6.45, 7) is 0.408. The Bertz CT molecular complexity index is 887. The molecule has 0 aromatic heterocycles. The largest absolute Gasteiger partial charge is 0.496 e. The van der Waals surface area contributed by atoms with Gasteiger partial charge in [-0.1, -0.05) is 6.07 Å². The fourth-order valence-corrected chi connectivity index (χ4v) is 5.47. The van der Waals surface area contributed by atoms with E-state index in [0.717, 1.165) is 21.8 Å². The minimum Gasteiger partial charge on any atom is -0.496 e. The zero-order chi connectivity index (χ0) is 19.8. The Balaban J connectivity index is 1.96. The molecule has 6 nitrogen and oxygen atoms in total. The molecule has 0 aliphatic carbocycles. The minimum absolute atomic E-state index is 0.0520. The fraction of sp³-hybridized carbons (Fsp3) is 0.381. The Morgan fingerprint density at radius 1 is 0.964 bits per heavy atom. The zero-order valence-corrected chi connectivity index (χ0v) is 17.0. The Morgan fingerprint density at radius 2 is 1.64 bits per heavy atom. The molecule has 2 heterocycles. The first kappa shape index (κ1) is 18.8. The van der Waals surface area contributed by atoms with Gasteiger partial charge in [0.1, 0.15) is 12.4 Å². The normalized spacial score (nSPS) is 22.7. The second-order valence-electron chi connectivity index (χ2n) is 6.62. The molecule has 148 valence electrons. The molecule has 0 radical (unpaired) electrons. The van der Waals surface area contributed by atoms with Gasteiger partial charge in [-0.05, 0) is 29.8 Å². The Morgan fingerprint density at radius 3 is 2.25 bits per heavy atom. The van der Waals surface area contributed by atoms with Crippen LogP contribution in [0.2, 0.25) is 0 Å². The van der Waals surface area contributed by atoms with Crippen LogP contribution in [0.4, 0.5) is 0 Å². The number of hydrogen-bond donors (Lipinski definition) is 0. The van der Waals surface area contributed by atoms with Gasteiger partial charge in [0.15, 0.2) is 11.5 Å². The number of ether oxygens (including phenoxy) is 5. The number of cyclic esters (lactones) is 1. The van der Waals surface area contributed by atoms with Crippen LogP contribution >= 0.6 is 11.8 Å². The molecule has 0 spiro atoms. The first-order valence-electron chi connectivity index (χ1n) is 8.93. The highest BCUT2D eigenvalue weighted by Gasteiger charge is 2.49. The van der Waals surface area contributed by atoms with E-state index in [2.05, 4.69) is 6.07 Å². The lowest BCUT2D eigenvalue weighted by molar-refractivity contribution is -0.141. The maximum atomic E-state index is 12.7. The van der Waals surface area contributed by atoms with Crippen LogP contribution in [0.3, 0.4) is 0 Å². The number of fused-ring (bicyclic) bond motifs is 2. The van der Waals surface area contributed by atoms with Gasteiger partial charge in [-0.25, -0.2) is 0 Å². The summed E-state index contributed by atoms with van der Waals surface area (Å²) >= 11 is 1.67. The van der Waals surface area contributed by atoms with Crippen molar-refractivity contribution in [3.8, 4) is 23.0 Å². The Labute approximate surface area is 168 Å². The highest BCUT2D eigenvalue weighted by atomic mass is 32.2. The Kier molecular flexibility index (Phi) is 5.02. The van der Waals surface area contributed by atoms with Gasteiger partial charge in [0.2, 0.25) is 5.75 Å². The summed E-state index contributed by atoms with van der Waals surface area (Å²) in [5, 5.41) is 0.0520. The maximum Gasteiger partial charge on any atom is 0.311 e. The van der Waals surface area contributed by atoms with Crippen molar-refractivity contribution in [2.75, 3.05) is 35.0 Å². The van der Waals surface area contributed by atoms with Gasteiger partial charge in [0.25, 0.3) is 0 Å². The van der Waals surface area contributed by atoms with E-state index in [9.17, 15) is 4.79 Å². The monoisotopic (exact) mass is 402 g/mol. The van der Waals surface area contributed by atoms with Crippen LogP contribution < -0.4 is 18.9 Å². The van der Waals surface area contributed by atoms with E-state index < -0.39 is 0 Å². The van der Waals surface area contributed by atoms with E-state index in [0.29, 0.717) is 23.9 Å². The molecule has 0 bridgehead atoms. The third-order valence-corrected chi connectivity index (χ3v) is 6.65. The lowest BCUT2D eigenvalue weighted by atomic mass is 9.78. The molecular formula is C21H22O6S. The first-order valence-corrected chi connectivity index (χ1v) is 9.81. The van der Waals surface area contributed by atoms with Crippen LogP contribution in [-0.4, -0.2) is 46.3 Å². The van der Waals surface area contributed by atoms with Crippen molar-refractivity contribution in [1.29, 1.82) is 0 Å². The third kappa shape index (κ3) is 2.85. The molecule has 2 aliphatic rings. The summed E-state index contributed by atoms with van der Waals surface area (Å²) in [7, 11) is 6.38. The van der Waals surface area contributed by atoms with Crippen LogP contribution in [0.1, 0.15) is 17.0 Å². The summed E-state index contributed by atoms with van der Waals surface area (Å²) < 4.78 is 27.6. The van der Waals surface area contributed by atoms with Crippen molar-refractivity contribution in [3.63, 3.8) is 0 Å². The molecule has 0 N–H and O–H groups in total. The van der Waals surface area contributed by atoms with Crippen LogP contribution in [0.5, 0.6) is 23.0 Å². The number of esters is 1. The van der Waals surface area contributed by atoms with Crippen molar-refractivity contribution < 1.29 is 28.5 Å². The smallest absolute Gasteiger partial charge is 0.311 e. The van der Waals surface area contributed by atoms with Gasteiger partial charge in [0.05, 0.1) is 39.6 Å². The average Bonchev–Trinajstić information content (AvgIpc) is 3.10. The molecule has 0 saturated carbocycles. The molecule has 1 fully saturated rings. The predicted octanol–water partition coefficient (Wildman–Crippen LogP) is 3.50. The molecule has 2 aliphatic heterocycles. The highest BCUT2D eigenvalue weighted by molar-refractivity contribution is 8.00. The molecular weight excluding hydrogens is 380 g/mol. The summed E-state index contributed by atoms with van der Waals surface area (Å²) in [5.41, 5.74) is 1.89. The highest BCUT2D eigenvalue weighted by Crippen LogP contribution is 2.55. The van der Waals surface area contributed by atoms with E-state index in [1.165, 1.54) is 0 Å². The molecule has 1 saturated heterocycles. The Hall–Kier alpha value is -2.54. The molecule has 4 rings (SSSR count). The number of carbonyl (C=O) groups is 1. The number of thioether (sulfide) groups is 1. The van der Waals surface area contributed by atoms with Crippen LogP contribution in [0.25, 0.3) is 0 Å². The van der Waals surface area contributed by atoms with Crippen molar-refractivity contribution in [2.45, 2.75) is 16.1 Å². The number of rotatable bonds is 5. The number of methoxy groups -OCH3 is 4. The summed E-state index contributed by atoms with van der Waals surface area (Å²) in [4.78, 5) is 13.8. The van der Waals surface area contributed by atoms with Crippen molar-refractivity contribution in [3.05, 3.63) is 41.5 Å². The summed E-state index contributed by atoms with van der Waals surface area (Å²) in [6, 6.07) is 9.76. The number of hydrogen-bond acceptors (Lipinski definition) is 7. The zero-order valence-electron chi connectivity index (χ0n) is 16.2. The molecule has 7 heteroatoms. The number of carbonyl (C=O) groups excluding carboxylic acids is 1. The lowest BCUT2D eigenvalue weighted by Gasteiger charge is -2.34. The second-order valence-corrected chi connectivity index (χ2v) is 7.90. The standard InChI is InChI=1S/C21H22O6S/c1-23-12-6-5-7-15-18(12)17(19-16(28-15)10-27-21(19)22)11-8-13(24-2)20(26-4)14(9-11)25-3/h5-9,16-17,19H,10H2,1-4H3/t16-,17-,19-/m0/s1. The predicted molar refractivity (Wildman–Crippen MR) is 105 cm³/mol. The van der Waals surface area contributed by atoms with Gasteiger partial charge in [-0.2, -0.15) is 0 Å². The molecule has 3 atom stereocenters. The van der Waals surface area contributed by atoms with Crippen LogP contribution in [-0.2, 0) is 9.53 Å². The van der Waals surface area contributed by atoms with Gasteiger partial charge < -0.3 is 23.7 Å². The first-order chi connectivity index (χ1) is 13.6. The fourth-order valence-electron chi connectivity index (χ4n) is 4.08. The average molecular weight is 402 g/mol. The molecule has 28 heavy (non-hydrogen) atoms. The third-order valence-electron chi connectivity index (χ3n) is 5.30. The molecule has 2 aromatic rings. The SMILES string of the molecule is COc1cc([C@H]2c3c(OC)cccc3S[C@H]3COC(=O)[C@H]23)cc(OC)c1OC. The van der Waals surface area contributed by atoms with E-state index >= 15 is 0 Å². The molecule has 2 aromatic carbocycles. The summed E-state index contributed by atoms with van der Waals surface area (Å²) in [5.74, 6) is 1.64. The topological polar surface area (TPSA) is 63.2 Å². The second kappa shape index (κ2) is 7.47. The van der Waals surface area contributed by atoms with Crippen LogP contribution in [0.15, 0.2) is 35.2 Å². The van der Waals surface area contributed by atoms with Crippen molar-refractivity contribution in [1.82, 2.24) is 0 Å². The van der Waals surface area contributed by atoms with E-state index in [1.54, 1.807) is 40.2 Å². The van der Waals surface area contributed by atoms with E-state index in [1.807, 2.05) is 24.3 Å². The van der Waals surface area contributed by atoms with Gasteiger partial charge in [-0.15, -0.1) is 11.8 Å². The summed E-state index contributed by atoms with van der Waals surface area (Å²) in [6.07, 6.45) is 0. The van der Waals surface area contributed by atoms with Gasteiger partial charge in [-0.3, -0.25) is 4.79 Å². The van der Waals surface area contributed by atoms with Crippen LogP contribution in [0, 0.1) is 5.92 Å². The lowest BCUT2D eigenvalue weighted by Crippen LogP contribution is -2.31. The number of benzene rings is 2. The molecule has 0 unspecified atom stereocenters. The van der Waals surface area contributed by atoms with Gasteiger partial charge in [0, 0.05) is 16.4 Å². The molecule has 0 amide bonds. The van der Waals surface area contributed by atoms with Crippen molar-refractivity contribution in [2.24, 2.45) is 5.92 Å². The van der Waals surface area contributed by atoms with Gasteiger partial charge >= 0.3 is 5.97 Å². The minimum atomic E-state index is -0.309. The van der Waals surface area contributed by atoms with Crippen molar-refractivity contribution >= 4 is 17.7 Å². The van der Waals surface area contributed by atoms with E-state index in [4.69, 9.17) is 23.7 Å². The maximum absolute atomic E-state index is 12.7. The quantitative estimate of drug-likeness (QED) is 0.709.